The lowest BCUT2D eigenvalue weighted by Crippen LogP contribution is -1.92. The molecule has 1 heterocycles. The van der Waals surface area contributed by atoms with Gasteiger partial charge in [-0.05, 0) is 25.1 Å². The number of fused-ring (bicyclic) bond motifs is 1. The summed E-state index contributed by atoms with van der Waals surface area (Å²) in [7, 11) is 0. The van der Waals surface area contributed by atoms with Gasteiger partial charge in [-0.25, -0.2) is 4.99 Å². The number of amides is 1. The highest BCUT2D eigenvalue weighted by Crippen LogP contribution is 2.22. The van der Waals surface area contributed by atoms with Crippen LogP contribution < -0.4 is 0 Å². The second kappa shape index (κ2) is 2.52. The minimum atomic E-state index is -0.130. The van der Waals surface area contributed by atoms with E-state index in [0.29, 0.717) is 5.56 Å². The molecule has 0 bridgehead atoms. The van der Waals surface area contributed by atoms with Crippen molar-refractivity contribution in [3.63, 3.8) is 0 Å². The number of hydrogen-bond donors (Lipinski definition) is 0. The van der Waals surface area contributed by atoms with Crippen LogP contribution in [-0.4, -0.2) is 11.6 Å². The molecule has 0 fully saturated rings. The Morgan fingerprint density at radius 3 is 2.83 bits per heavy atom. The van der Waals surface area contributed by atoms with E-state index in [1.807, 2.05) is 19.1 Å². The third kappa shape index (κ3) is 1.01. The monoisotopic (exact) mass is 223 g/mol. The van der Waals surface area contributed by atoms with Gasteiger partial charge in [-0.3, -0.25) is 4.79 Å². The average Bonchev–Trinajstić information content (AvgIpc) is 2.28. The van der Waals surface area contributed by atoms with Crippen molar-refractivity contribution in [1.29, 1.82) is 0 Å². The van der Waals surface area contributed by atoms with Crippen LogP contribution in [0.2, 0.25) is 0 Å². The van der Waals surface area contributed by atoms with E-state index in [1.165, 1.54) is 0 Å². The van der Waals surface area contributed by atoms with Crippen molar-refractivity contribution in [3.05, 3.63) is 33.8 Å². The third-order valence-corrected chi connectivity index (χ3v) is 2.36. The second-order valence-corrected chi connectivity index (χ2v) is 3.61. The molecule has 60 valence electrons. The minimum Gasteiger partial charge on any atom is -0.267 e. The number of aliphatic imine (C=N–C) groups is 1. The van der Waals surface area contributed by atoms with Crippen molar-refractivity contribution in [2.75, 3.05) is 0 Å². The van der Waals surface area contributed by atoms with E-state index in [9.17, 15) is 4.79 Å². The van der Waals surface area contributed by atoms with Gasteiger partial charge in [-0.15, -0.1) is 0 Å². The largest absolute Gasteiger partial charge is 0.277 e. The van der Waals surface area contributed by atoms with E-state index >= 15 is 0 Å². The van der Waals surface area contributed by atoms with Crippen molar-refractivity contribution in [2.24, 2.45) is 4.99 Å². The van der Waals surface area contributed by atoms with Gasteiger partial charge in [-0.1, -0.05) is 15.9 Å². The topological polar surface area (TPSA) is 29.4 Å². The zero-order valence-corrected chi connectivity index (χ0v) is 8.05. The number of carbonyl (C=O) groups is 1. The maximum atomic E-state index is 11.2. The molecule has 0 aromatic heterocycles. The Morgan fingerprint density at radius 1 is 1.33 bits per heavy atom. The molecule has 0 unspecified atom stereocenters. The van der Waals surface area contributed by atoms with Gasteiger partial charge in [0.05, 0.1) is 5.56 Å². The minimum absolute atomic E-state index is 0.130. The van der Waals surface area contributed by atoms with Crippen LogP contribution in [0.3, 0.4) is 0 Å². The molecular weight excluding hydrogens is 218 g/mol. The van der Waals surface area contributed by atoms with Crippen molar-refractivity contribution in [2.45, 2.75) is 6.92 Å². The number of rotatable bonds is 0. The summed E-state index contributed by atoms with van der Waals surface area (Å²) in [5.74, 6) is -0.130. The molecule has 2 nitrogen and oxygen atoms in total. The van der Waals surface area contributed by atoms with E-state index in [4.69, 9.17) is 0 Å². The lowest BCUT2D eigenvalue weighted by atomic mass is 10.1. The molecule has 1 amide bonds. The average molecular weight is 224 g/mol. The SMILES string of the molecule is CC1=NC(=O)c2ccc(Br)cc21. The number of benzene rings is 1. The third-order valence-electron chi connectivity index (χ3n) is 1.87. The second-order valence-electron chi connectivity index (χ2n) is 2.69. The summed E-state index contributed by atoms with van der Waals surface area (Å²) in [5.41, 5.74) is 2.45. The number of halogens is 1. The number of carbonyl (C=O) groups excluding carboxylic acids is 1. The van der Waals surface area contributed by atoms with Crippen LogP contribution in [0.5, 0.6) is 0 Å². The molecular formula is C9H6BrNO. The summed E-state index contributed by atoms with van der Waals surface area (Å²) >= 11 is 3.35. The fourth-order valence-corrected chi connectivity index (χ4v) is 1.64. The van der Waals surface area contributed by atoms with E-state index in [-0.39, 0.29) is 5.91 Å². The van der Waals surface area contributed by atoms with Crippen molar-refractivity contribution < 1.29 is 4.79 Å². The molecule has 12 heavy (non-hydrogen) atoms. The Balaban J connectivity index is 2.69. The van der Waals surface area contributed by atoms with Gasteiger partial charge in [0.15, 0.2) is 0 Å². The van der Waals surface area contributed by atoms with Gasteiger partial charge in [0.25, 0.3) is 5.91 Å². The highest BCUT2D eigenvalue weighted by atomic mass is 79.9. The highest BCUT2D eigenvalue weighted by Gasteiger charge is 2.19. The molecule has 0 atom stereocenters. The summed E-state index contributed by atoms with van der Waals surface area (Å²) in [6, 6.07) is 5.56. The van der Waals surface area contributed by atoms with Crippen molar-refractivity contribution in [1.82, 2.24) is 0 Å². The molecule has 0 N–H and O–H groups in total. The lowest BCUT2D eigenvalue weighted by molar-refractivity contribution is 0.101. The first-order valence-corrected chi connectivity index (χ1v) is 4.37. The van der Waals surface area contributed by atoms with E-state index in [2.05, 4.69) is 20.9 Å². The first-order valence-electron chi connectivity index (χ1n) is 3.58. The Hall–Kier alpha value is -0.960. The standard InChI is InChI=1S/C9H6BrNO/c1-5-8-4-6(10)2-3-7(8)9(12)11-5/h2-4H,1H3. The maximum Gasteiger partial charge on any atom is 0.277 e. The van der Waals surface area contributed by atoms with Crippen LogP contribution in [0.4, 0.5) is 0 Å². The Bertz CT molecular complexity index is 396. The van der Waals surface area contributed by atoms with Gasteiger partial charge in [0, 0.05) is 15.7 Å². The first-order chi connectivity index (χ1) is 5.68. The smallest absolute Gasteiger partial charge is 0.267 e. The summed E-state index contributed by atoms with van der Waals surface area (Å²) < 4.78 is 0.977. The predicted octanol–water partition coefficient (Wildman–Crippen LogP) is 2.41. The predicted molar refractivity (Wildman–Crippen MR) is 50.7 cm³/mol. The zero-order valence-electron chi connectivity index (χ0n) is 6.47. The molecule has 1 aromatic carbocycles. The van der Waals surface area contributed by atoms with Gasteiger partial charge in [-0.2, -0.15) is 0 Å². The van der Waals surface area contributed by atoms with Gasteiger partial charge in [0.2, 0.25) is 0 Å². The van der Waals surface area contributed by atoms with E-state index in [0.717, 1.165) is 15.7 Å². The molecule has 0 saturated carbocycles. The van der Waals surface area contributed by atoms with Gasteiger partial charge >= 0.3 is 0 Å². The normalized spacial score (nSPS) is 14.5. The molecule has 3 heteroatoms. The van der Waals surface area contributed by atoms with Gasteiger partial charge < -0.3 is 0 Å². The van der Waals surface area contributed by atoms with Crippen LogP contribution in [0.1, 0.15) is 22.8 Å². The molecule has 1 aliphatic rings. The molecule has 1 aliphatic heterocycles. The van der Waals surface area contributed by atoms with Crippen molar-refractivity contribution in [3.8, 4) is 0 Å². The molecule has 0 spiro atoms. The van der Waals surface area contributed by atoms with E-state index < -0.39 is 0 Å². The summed E-state index contributed by atoms with van der Waals surface area (Å²) in [5, 5.41) is 0. The first kappa shape index (κ1) is 7.68. The Kier molecular flexibility index (Phi) is 1.61. The Morgan fingerprint density at radius 2 is 2.08 bits per heavy atom. The number of hydrogen-bond acceptors (Lipinski definition) is 1. The van der Waals surface area contributed by atoms with Crippen LogP contribution in [-0.2, 0) is 0 Å². The summed E-state index contributed by atoms with van der Waals surface area (Å²) in [6.45, 7) is 1.84. The maximum absolute atomic E-state index is 11.2. The molecule has 2 rings (SSSR count). The van der Waals surface area contributed by atoms with Crippen molar-refractivity contribution >= 4 is 27.5 Å². The van der Waals surface area contributed by atoms with Gasteiger partial charge in [0.1, 0.15) is 0 Å². The molecule has 1 aromatic rings. The lowest BCUT2D eigenvalue weighted by Gasteiger charge is -1.97. The Labute approximate surface area is 78.4 Å². The fraction of sp³-hybridized carbons (Fsp3) is 0.111. The molecule has 0 aliphatic carbocycles. The summed E-state index contributed by atoms with van der Waals surface area (Å²) in [4.78, 5) is 15.0. The van der Waals surface area contributed by atoms with Crippen LogP contribution in [0, 0.1) is 0 Å². The highest BCUT2D eigenvalue weighted by molar-refractivity contribution is 9.10. The quantitative estimate of drug-likeness (QED) is 0.665. The number of nitrogens with zero attached hydrogens (tertiary/aromatic N) is 1. The van der Waals surface area contributed by atoms with Crippen LogP contribution >= 0.6 is 15.9 Å². The van der Waals surface area contributed by atoms with E-state index in [1.54, 1.807) is 6.07 Å². The molecule has 0 saturated heterocycles. The van der Waals surface area contributed by atoms with Crippen LogP contribution in [0.15, 0.2) is 27.7 Å². The fourth-order valence-electron chi connectivity index (χ4n) is 1.28. The van der Waals surface area contributed by atoms with Crippen LogP contribution in [0.25, 0.3) is 0 Å². The summed E-state index contributed by atoms with van der Waals surface area (Å²) in [6.07, 6.45) is 0. The molecule has 0 radical (unpaired) electrons. The zero-order chi connectivity index (χ0) is 8.72.